The highest BCUT2D eigenvalue weighted by Gasteiger charge is 2.24. The predicted octanol–water partition coefficient (Wildman–Crippen LogP) is 4.97. The van der Waals surface area contributed by atoms with E-state index in [4.69, 9.17) is 4.74 Å². The van der Waals surface area contributed by atoms with E-state index in [9.17, 15) is 0 Å². The van der Waals surface area contributed by atoms with Crippen LogP contribution in [-0.4, -0.2) is 30.6 Å². The highest BCUT2D eigenvalue weighted by Crippen LogP contribution is 2.28. The highest BCUT2D eigenvalue weighted by molar-refractivity contribution is 14.0. The minimum absolute atomic E-state index is 0. The lowest BCUT2D eigenvalue weighted by atomic mass is 10.1. The number of nitrogens with zero attached hydrogens (tertiary/aromatic N) is 1. The van der Waals surface area contributed by atoms with Gasteiger partial charge in [-0.05, 0) is 42.2 Å². The van der Waals surface area contributed by atoms with Gasteiger partial charge in [0, 0.05) is 24.9 Å². The monoisotopic (exact) mass is 525 g/mol. The molecule has 1 fully saturated rings. The molecule has 2 N–H and O–H groups in total. The zero-order valence-corrected chi connectivity index (χ0v) is 20.4. The molecule has 0 saturated heterocycles. The Balaban J connectivity index is 0.00000300. The fourth-order valence-electron chi connectivity index (χ4n) is 3.55. The van der Waals surface area contributed by atoms with Gasteiger partial charge in [0.15, 0.2) is 5.96 Å². The molecule has 0 bridgehead atoms. The van der Waals surface area contributed by atoms with Crippen LogP contribution in [0.4, 0.5) is 0 Å². The van der Waals surface area contributed by atoms with Crippen molar-refractivity contribution in [3.05, 3.63) is 71.3 Å². The maximum atomic E-state index is 5.86. The molecule has 0 radical (unpaired) electrons. The molecule has 6 heteroatoms. The number of aliphatic imine (C=N–C) groups is 1. The van der Waals surface area contributed by atoms with Crippen molar-refractivity contribution in [1.29, 1.82) is 0 Å². The number of nitrogens with one attached hydrogen (secondary N) is 2. The molecule has 2 atom stereocenters. The second kappa shape index (κ2) is 13.1. The van der Waals surface area contributed by atoms with E-state index >= 15 is 0 Å². The number of benzene rings is 2. The van der Waals surface area contributed by atoms with Crippen LogP contribution in [0.3, 0.4) is 0 Å². The van der Waals surface area contributed by atoms with Crippen LogP contribution in [0.5, 0.6) is 0 Å². The summed E-state index contributed by atoms with van der Waals surface area (Å²) in [6.07, 6.45) is 5.94. The van der Waals surface area contributed by atoms with Gasteiger partial charge >= 0.3 is 0 Å². The van der Waals surface area contributed by atoms with Gasteiger partial charge in [-0.15, -0.1) is 24.0 Å². The topological polar surface area (TPSA) is 45.7 Å². The summed E-state index contributed by atoms with van der Waals surface area (Å²) in [6, 6.07) is 19.4. The molecule has 0 amide bonds. The zero-order chi connectivity index (χ0) is 19.6. The quantitative estimate of drug-likeness (QED) is 0.290. The Hall–Kier alpha value is -1.25. The lowest BCUT2D eigenvalue weighted by Crippen LogP contribution is -2.42. The number of guanidine groups is 1. The van der Waals surface area contributed by atoms with E-state index < -0.39 is 0 Å². The molecule has 2 unspecified atom stereocenters. The summed E-state index contributed by atoms with van der Waals surface area (Å²) in [5.74, 6) is 0.887. The molecule has 0 aromatic heterocycles. The van der Waals surface area contributed by atoms with E-state index in [1.54, 1.807) is 0 Å². The van der Waals surface area contributed by atoms with Crippen molar-refractivity contribution in [2.24, 2.45) is 4.99 Å². The van der Waals surface area contributed by atoms with E-state index in [2.05, 4.69) is 58.3 Å². The molecule has 1 aliphatic rings. The van der Waals surface area contributed by atoms with Crippen molar-refractivity contribution in [1.82, 2.24) is 10.6 Å². The molecule has 2 aromatic carbocycles. The van der Waals surface area contributed by atoms with Crippen molar-refractivity contribution in [2.75, 3.05) is 13.3 Å². The molecular formula is C23H32IN3OS. The van der Waals surface area contributed by atoms with Crippen LogP contribution in [0.1, 0.15) is 36.0 Å². The predicted molar refractivity (Wildman–Crippen MR) is 135 cm³/mol. The maximum absolute atomic E-state index is 5.86. The first-order valence-electron chi connectivity index (χ1n) is 9.96. The number of hydrogen-bond donors (Lipinski definition) is 2. The first kappa shape index (κ1) is 24.0. The van der Waals surface area contributed by atoms with Crippen LogP contribution < -0.4 is 10.6 Å². The zero-order valence-electron chi connectivity index (χ0n) is 17.3. The number of rotatable bonds is 8. The van der Waals surface area contributed by atoms with Crippen LogP contribution in [0.15, 0.2) is 59.6 Å². The van der Waals surface area contributed by atoms with Crippen molar-refractivity contribution >= 4 is 41.7 Å². The number of hydrogen-bond acceptors (Lipinski definition) is 3. The minimum Gasteiger partial charge on any atom is -0.372 e. The summed E-state index contributed by atoms with van der Waals surface area (Å²) < 4.78 is 5.86. The Bertz CT molecular complexity index is 757. The third-order valence-electron chi connectivity index (χ3n) is 5.11. The summed E-state index contributed by atoms with van der Waals surface area (Å²) in [6.45, 7) is 2.01. The minimum atomic E-state index is 0. The lowest BCUT2D eigenvalue weighted by Gasteiger charge is -2.17. The van der Waals surface area contributed by atoms with Gasteiger partial charge in [0.1, 0.15) is 0 Å². The van der Waals surface area contributed by atoms with Gasteiger partial charge in [-0.2, -0.15) is 11.8 Å². The van der Waals surface area contributed by atoms with E-state index in [1.165, 1.54) is 36.0 Å². The van der Waals surface area contributed by atoms with E-state index in [0.29, 0.717) is 19.3 Å². The summed E-state index contributed by atoms with van der Waals surface area (Å²) in [5.41, 5.74) is 3.62. The first-order valence-corrected chi connectivity index (χ1v) is 11.2. The van der Waals surface area contributed by atoms with Crippen LogP contribution in [0.25, 0.3) is 0 Å². The summed E-state index contributed by atoms with van der Waals surface area (Å²) in [4.78, 5) is 4.39. The number of halogens is 1. The van der Waals surface area contributed by atoms with Crippen molar-refractivity contribution in [3.63, 3.8) is 0 Å². The Morgan fingerprint density at radius 3 is 2.48 bits per heavy atom. The van der Waals surface area contributed by atoms with Crippen molar-refractivity contribution in [3.8, 4) is 0 Å². The Morgan fingerprint density at radius 2 is 1.76 bits per heavy atom. The average molecular weight is 526 g/mol. The summed E-state index contributed by atoms with van der Waals surface area (Å²) in [7, 11) is 1.84. The third-order valence-corrected chi connectivity index (χ3v) is 6.21. The molecule has 3 rings (SSSR count). The van der Waals surface area contributed by atoms with E-state index in [1.807, 2.05) is 37.0 Å². The molecule has 29 heavy (non-hydrogen) atoms. The largest absolute Gasteiger partial charge is 0.372 e. The van der Waals surface area contributed by atoms with Gasteiger partial charge < -0.3 is 15.4 Å². The second-order valence-electron chi connectivity index (χ2n) is 7.24. The standard InChI is InChI=1S/C23H31N3OS.HI/c1-24-23(26-21-11-12-22(14-21)28-2)25-15-19-9-6-10-20(13-19)17-27-16-18-7-4-3-5-8-18;/h3-10,13,21-22H,11-12,14-17H2,1-2H3,(H2,24,25,26);1H. The van der Waals surface area contributed by atoms with Crippen LogP contribution in [0, 0.1) is 0 Å². The average Bonchev–Trinajstić information content (AvgIpc) is 3.20. The molecule has 0 heterocycles. The smallest absolute Gasteiger partial charge is 0.191 e. The second-order valence-corrected chi connectivity index (χ2v) is 8.37. The molecule has 4 nitrogen and oxygen atoms in total. The number of thioether (sulfide) groups is 1. The lowest BCUT2D eigenvalue weighted by molar-refractivity contribution is 0.107. The van der Waals surface area contributed by atoms with Crippen LogP contribution in [0.2, 0.25) is 0 Å². The first-order chi connectivity index (χ1) is 13.8. The summed E-state index contributed by atoms with van der Waals surface area (Å²) >= 11 is 1.98. The van der Waals surface area contributed by atoms with Gasteiger partial charge in [0.25, 0.3) is 0 Å². The Morgan fingerprint density at radius 1 is 1.03 bits per heavy atom. The molecule has 158 valence electrons. The molecule has 1 aliphatic carbocycles. The fraction of sp³-hybridized carbons (Fsp3) is 0.435. The molecular weight excluding hydrogens is 493 g/mol. The van der Waals surface area contributed by atoms with Crippen LogP contribution in [-0.2, 0) is 24.5 Å². The highest BCUT2D eigenvalue weighted by atomic mass is 127. The molecule has 1 saturated carbocycles. The van der Waals surface area contributed by atoms with Gasteiger partial charge in [-0.1, -0.05) is 54.6 Å². The fourth-order valence-corrected chi connectivity index (χ4v) is 4.35. The van der Waals surface area contributed by atoms with Crippen LogP contribution >= 0.6 is 35.7 Å². The molecule has 2 aromatic rings. The van der Waals surface area contributed by atoms with Crippen molar-refractivity contribution < 1.29 is 4.74 Å². The van der Waals surface area contributed by atoms with Crippen molar-refractivity contribution in [2.45, 2.75) is 50.3 Å². The third kappa shape index (κ3) is 8.18. The molecule has 0 aliphatic heterocycles. The van der Waals surface area contributed by atoms with Gasteiger partial charge in [-0.3, -0.25) is 4.99 Å². The maximum Gasteiger partial charge on any atom is 0.191 e. The van der Waals surface area contributed by atoms with Gasteiger partial charge in [-0.25, -0.2) is 0 Å². The SMILES string of the molecule is CN=C(NCc1cccc(COCc2ccccc2)c1)NC1CCC(SC)C1.I. The van der Waals surface area contributed by atoms with E-state index in [-0.39, 0.29) is 24.0 Å². The normalized spacial score (nSPS) is 18.9. The summed E-state index contributed by atoms with van der Waals surface area (Å²) in [5, 5.41) is 7.79. The van der Waals surface area contributed by atoms with Gasteiger partial charge in [0.2, 0.25) is 0 Å². The molecule has 0 spiro atoms. The Labute approximate surface area is 196 Å². The van der Waals surface area contributed by atoms with E-state index in [0.717, 1.165) is 17.8 Å². The van der Waals surface area contributed by atoms with Gasteiger partial charge in [0.05, 0.1) is 13.2 Å². The number of ether oxygens (including phenoxy) is 1. The Kier molecular flexibility index (Phi) is 10.9.